The van der Waals surface area contributed by atoms with Crippen molar-refractivity contribution in [1.82, 2.24) is 15.3 Å². The average molecular weight is 422 g/mol. The molecular formula is C23H26N4O4. The van der Waals surface area contributed by atoms with Crippen LogP contribution in [0.25, 0.3) is 22.1 Å². The number of hydrogen-bond donors (Lipinski definition) is 2. The van der Waals surface area contributed by atoms with Crippen molar-refractivity contribution in [2.24, 2.45) is 5.92 Å². The van der Waals surface area contributed by atoms with Crippen LogP contribution in [0.15, 0.2) is 28.7 Å². The summed E-state index contributed by atoms with van der Waals surface area (Å²) in [6.07, 6.45) is 5.10. The summed E-state index contributed by atoms with van der Waals surface area (Å²) >= 11 is 0. The molecule has 0 radical (unpaired) electrons. The third-order valence-corrected chi connectivity index (χ3v) is 6.45. The van der Waals surface area contributed by atoms with E-state index >= 15 is 0 Å². The summed E-state index contributed by atoms with van der Waals surface area (Å²) in [5.41, 5.74) is 1.87. The molecule has 0 unspecified atom stereocenters. The highest BCUT2D eigenvalue weighted by molar-refractivity contribution is 6.06. The van der Waals surface area contributed by atoms with Gasteiger partial charge in [0.05, 0.1) is 0 Å². The Bertz CT molecular complexity index is 1150. The van der Waals surface area contributed by atoms with Gasteiger partial charge in [-0.15, -0.1) is 0 Å². The molecule has 0 bridgehead atoms. The van der Waals surface area contributed by atoms with E-state index in [1.807, 2.05) is 24.3 Å². The van der Waals surface area contributed by atoms with Gasteiger partial charge in [0.15, 0.2) is 11.4 Å². The van der Waals surface area contributed by atoms with Gasteiger partial charge in [0, 0.05) is 24.4 Å². The molecule has 8 nitrogen and oxygen atoms in total. The molecule has 1 amide bonds. The lowest BCUT2D eigenvalue weighted by atomic mass is 10.0. The van der Waals surface area contributed by atoms with E-state index in [-0.39, 0.29) is 17.9 Å². The van der Waals surface area contributed by atoms with Crippen LogP contribution in [0.2, 0.25) is 0 Å². The highest BCUT2D eigenvalue weighted by Gasteiger charge is 2.40. The standard InChI is InChI=1S/C23H26N4O4/c1-13-24-20-16-8-4-5-9-18(16)31-21(20)22(25-13)27-12-14(10-17(27)23(29)30)11-19(28)26-15-6-2-3-7-15/h4-5,8-9,14-15,17H,2-3,6-7,10-12H2,1H3,(H,26,28)(H,29,30)/t14-,17+/m1/s1. The number of carboxylic acids is 1. The van der Waals surface area contributed by atoms with Crippen LogP contribution in [0.3, 0.4) is 0 Å². The van der Waals surface area contributed by atoms with E-state index in [9.17, 15) is 14.7 Å². The number of carboxylic acid groups (broad SMARTS) is 1. The van der Waals surface area contributed by atoms with Crippen molar-refractivity contribution in [2.45, 2.75) is 57.5 Å². The van der Waals surface area contributed by atoms with Gasteiger partial charge in [-0.2, -0.15) is 0 Å². The monoisotopic (exact) mass is 422 g/mol. The maximum atomic E-state index is 12.5. The molecule has 2 fully saturated rings. The number of aliphatic carboxylic acids is 1. The molecule has 3 aromatic rings. The number of aromatic nitrogens is 2. The molecule has 1 saturated carbocycles. The predicted molar refractivity (Wildman–Crippen MR) is 116 cm³/mol. The van der Waals surface area contributed by atoms with E-state index in [1.54, 1.807) is 11.8 Å². The number of carbonyl (C=O) groups excluding carboxylic acids is 1. The molecule has 162 valence electrons. The number of amides is 1. The van der Waals surface area contributed by atoms with E-state index in [4.69, 9.17) is 4.42 Å². The number of rotatable bonds is 5. The van der Waals surface area contributed by atoms with Gasteiger partial charge in [-0.3, -0.25) is 4.79 Å². The molecule has 1 aliphatic carbocycles. The Morgan fingerprint density at radius 2 is 2.00 bits per heavy atom. The van der Waals surface area contributed by atoms with Crippen LogP contribution in [-0.4, -0.2) is 45.6 Å². The number of anilines is 1. The second-order valence-electron chi connectivity index (χ2n) is 8.73. The van der Waals surface area contributed by atoms with Crippen LogP contribution in [-0.2, 0) is 9.59 Å². The molecule has 1 saturated heterocycles. The van der Waals surface area contributed by atoms with Crippen molar-refractivity contribution >= 4 is 39.8 Å². The first-order valence-electron chi connectivity index (χ1n) is 10.9. The van der Waals surface area contributed by atoms with E-state index in [1.165, 1.54) is 0 Å². The van der Waals surface area contributed by atoms with Crippen LogP contribution >= 0.6 is 0 Å². The number of fused-ring (bicyclic) bond motifs is 3. The molecule has 31 heavy (non-hydrogen) atoms. The van der Waals surface area contributed by atoms with Crippen LogP contribution < -0.4 is 10.2 Å². The maximum Gasteiger partial charge on any atom is 0.326 e. The van der Waals surface area contributed by atoms with Gasteiger partial charge in [0.25, 0.3) is 0 Å². The highest BCUT2D eigenvalue weighted by atomic mass is 16.4. The molecule has 5 rings (SSSR count). The van der Waals surface area contributed by atoms with Crippen LogP contribution in [0.5, 0.6) is 0 Å². The van der Waals surface area contributed by atoms with Crippen molar-refractivity contribution in [1.29, 1.82) is 0 Å². The lowest BCUT2D eigenvalue weighted by Gasteiger charge is -2.22. The van der Waals surface area contributed by atoms with E-state index in [2.05, 4.69) is 15.3 Å². The fourth-order valence-electron chi connectivity index (χ4n) is 5.04. The summed E-state index contributed by atoms with van der Waals surface area (Å²) in [7, 11) is 0. The molecule has 2 atom stereocenters. The number of carbonyl (C=O) groups is 2. The summed E-state index contributed by atoms with van der Waals surface area (Å²) < 4.78 is 6.05. The Hall–Kier alpha value is -3.16. The maximum absolute atomic E-state index is 12.5. The molecule has 2 N–H and O–H groups in total. The van der Waals surface area contributed by atoms with Gasteiger partial charge >= 0.3 is 5.97 Å². The van der Waals surface area contributed by atoms with Crippen molar-refractivity contribution in [3.05, 3.63) is 30.1 Å². The van der Waals surface area contributed by atoms with Crippen molar-refractivity contribution in [3.63, 3.8) is 0 Å². The number of nitrogens with zero attached hydrogens (tertiary/aromatic N) is 3. The Morgan fingerprint density at radius 1 is 1.23 bits per heavy atom. The highest BCUT2D eigenvalue weighted by Crippen LogP contribution is 2.37. The van der Waals surface area contributed by atoms with Gasteiger partial charge in [0.1, 0.15) is 23.0 Å². The van der Waals surface area contributed by atoms with E-state index in [0.29, 0.717) is 47.7 Å². The third-order valence-electron chi connectivity index (χ3n) is 6.45. The number of nitrogens with one attached hydrogen (secondary N) is 1. The second kappa shape index (κ2) is 7.83. The minimum Gasteiger partial charge on any atom is -0.480 e. The molecule has 3 heterocycles. The zero-order valence-corrected chi connectivity index (χ0v) is 17.5. The van der Waals surface area contributed by atoms with Gasteiger partial charge in [-0.1, -0.05) is 25.0 Å². The Kier molecular flexibility index (Phi) is 5.00. The quantitative estimate of drug-likeness (QED) is 0.648. The zero-order chi connectivity index (χ0) is 21.5. The fourth-order valence-corrected chi connectivity index (χ4v) is 5.04. The summed E-state index contributed by atoms with van der Waals surface area (Å²) in [5.74, 6) is 0.0810. The number of aryl methyl sites for hydroxylation is 1. The summed E-state index contributed by atoms with van der Waals surface area (Å²) in [6, 6.07) is 7.12. The van der Waals surface area contributed by atoms with Gasteiger partial charge in [-0.25, -0.2) is 14.8 Å². The molecule has 1 aliphatic heterocycles. The fraction of sp³-hybridized carbons (Fsp3) is 0.478. The molecular weight excluding hydrogens is 396 g/mol. The van der Waals surface area contributed by atoms with Crippen molar-refractivity contribution < 1.29 is 19.1 Å². The van der Waals surface area contributed by atoms with E-state index < -0.39 is 12.0 Å². The van der Waals surface area contributed by atoms with Crippen molar-refractivity contribution in [3.8, 4) is 0 Å². The summed E-state index contributed by atoms with van der Waals surface area (Å²) in [4.78, 5) is 35.5. The van der Waals surface area contributed by atoms with Crippen molar-refractivity contribution in [2.75, 3.05) is 11.4 Å². The summed E-state index contributed by atoms with van der Waals surface area (Å²) in [6.45, 7) is 2.24. The number of hydrogen-bond acceptors (Lipinski definition) is 6. The third kappa shape index (κ3) is 3.71. The number of benzene rings is 1. The predicted octanol–water partition coefficient (Wildman–Crippen LogP) is 3.41. The topological polar surface area (TPSA) is 109 Å². The molecule has 2 aromatic heterocycles. The number of para-hydroxylation sites is 1. The van der Waals surface area contributed by atoms with Gasteiger partial charge in [0.2, 0.25) is 5.91 Å². The lowest BCUT2D eigenvalue weighted by Crippen LogP contribution is -2.37. The number of furan rings is 1. The van der Waals surface area contributed by atoms with E-state index in [0.717, 1.165) is 31.1 Å². The average Bonchev–Trinajstić information content (AvgIpc) is 3.46. The zero-order valence-electron chi connectivity index (χ0n) is 17.5. The molecule has 8 heteroatoms. The minimum absolute atomic E-state index is 0.00985. The first-order valence-corrected chi connectivity index (χ1v) is 10.9. The Labute approximate surface area is 179 Å². The molecule has 0 spiro atoms. The van der Waals surface area contributed by atoms with Crippen LogP contribution in [0.1, 0.15) is 44.3 Å². The Morgan fingerprint density at radius 3 is 2.77 bits per heavy atom. The van der Waals surface area contributed by atoms with Crippen LogP contribution in [0, 0.1) is 12.8 Å². The first kappa shape index (κ1) is 19.8. The lowest BCUT2D eigenvalue weighted by molar-refractivity contribution is -0.138. The minimum atomic E-state index is -0.917. The largest absolute Gasteiger partial charge is 0.480 e. The SMILES string of the molecule is Cc1nc(N2C[C@@H](CC(=O)NC3CCCC3)C[C@H]2C(=O)O)c2oc3ccccc3c2n1. The van der Waals surface area contributed by atoms with Gasteiger partial charge in [-0.05, 0) is 44.2 Å². The second-order valence-corrected chi connectivity index (χ2v) is 8.73. The smallest absolute Gasteiger partial charge is 0.326 e. The summed E-state index contributed by atoms with van der Waals surface area (Å²) in [5, 5.41) is 13.9. The Balaban J connectivity index is 1.45. The first-order chi connectivity index (χ1) is 15.0. The van der Waals surface area contributed by atoms with Crippen LogP contribution in [0.4, 0.5) is 5.82 Å². The molecule has 1 aromatic carbocycles. The van der Waals surface area contributed by atoms with Gasteiger partial charge < -0.3 is 19.7 Å². The molecule has 2 aliphatic rings. The normalized spacial score (nSPS) is 21.9.